The molecule has 0 aliphatic heterocycles. The second-order valence-electron chi connectivity index (χ2n) is 4.80. The molecule has 1 heterocycles. The smallest absolute Gasteiger partial charge is 0.0772 e. The highest BCUT2D eigenvalue weighted by Gasteiger charge is 2.23. The second kappa shape index (κ2) is 6.48. The second-order valence-corrected chi connectivity index (χ2v) is 6.50. The zero-order valence-corrected chi connectivity index (χ0v) is 14.6. The van der Waals surface area contributed by atoms with E-state index < -0.39 is 0 Å². The number of hydrogen-bond donors (Lipinski definition) is 1. The number of benzene rings is 1. The van der Waals surface area contributed by atoms with Crippen molar-refractivity contribution in [1.29, 1.82) is 0 Å². The van der Waals surface area contributed by atoms with Gasteiger partial charge in [-0.1, -0.05) is 29.3 Å². The van der Waals surface area contributed by atoms with Gasteiger partial charge >= 0.3 is 0 Å². The van der Waals surface area contributed by atoms with E-state index in [1.807, 2.05) is 30.1 Å². The van der Waals surface area contributed by atoms with Gasteiger partial charge in [0.15, 0.2) is 0 Å². The normalized spacial score (nSPS) is 12.9. The van der Waals surface area contributed by atoms with Crippen molar-refractivity contribution in [1.82, 2.24) is 15.1 Å². The summed E-state index contributed by atoms with van der Waals surface area (Å²) in [5, 5.41) is 8.99. The van der Waals surface area contributed by atoms with Gasteiger partial charge in [0.05, 0.1) is 22.4 Å². The maximum absolute atomic E-state index is 6.33. The number of rotatable bonds is 4. The van der Waals surface area contributed by atoms with Crippen LogP contribution >= 0.6 is 39.1 Å². The van der Waals surface area contributed by atoms with Gasteiger partial charge in [-0.25, -0.2) is 0 Å². The fourth-order valence-corrected chi connectivity index (χ4v) is 3.23. The molecule has 108 valence electrons. The molecule has 0 saturated carbocycles. The lowest BCUT2D eigenvalue weighted by molar-refractivity contribution is 0.483. The summed E-state index contributed by atoms with van der Waals surface area (Å²) in [5.41, 5.74) is 2.02. The Hall–Kier alpha value is -0.550. The molecular weight excluding hydrogens is 361 g/mol. The van der Waals surface area contributed by atoms with Crippen LogP contribution in [0.5, 0.6) is 0 Å². The lowest BCUT2D eigenvalue weighted by Crippen LogP contribution is -2.23. The first kappa shape index (κ1) is 15.8. The molecule has 1 aromatic heterocycles. The zero-order chi connectivity index (χ0) is 14.9. The average molecular weight is 377 g/mol. The Morgan fingerprint density at radius 1 is 1.30 bits per heavy atom. The topological polar surface area (TPSA) is 29.9 Å². The number of halogens is 3. The van der Waals surface area contributed by atoms with Gasteiger partial charge in [-0.15, -0.1) is 0 Å². The van der Waals surface area contributed by atoms with Gasteiger partial charge in [-0.2, -0.15) is 5.10 Å². The van der Waals surface area contributed by atoms with Crippen LogP contribution in [0.2, 0.25) is 10.0 Å². The summed E-state index contributed by atoms with van der Waals surface area (Å²) in [6.07, 6.45) is 1.81. The summed E-state index contributed by atoms with van der Waals surface area (Å²) in [6, 6.07) is 5.75. The van der Waals surface area contributed by atoms with E-state index in [1.54, 1.807) is 6.07 Å². The molecule has 0 bridgehead atoms. The molecule has 6 heteroatoms. The van der Waals surface area contributed by atoms with Gasteiger partial charge < -0.3 is 5.32 Å². The molecule has 2 aromatic rings. The van der Waals surface area contributed by atoms with Crippen molar-refractivity contribution in [3.8, 4) is 0 Å². The van der Waals surface area contributed by atoms with E-state index >= 15 is 0 Å². The monoisotopic (exact) mass is 375 g/mol. The minimum Gasteiger partial charge on any atom is -0.308 e. The Kier molecular flexibility index (Phi) is 5.13. The molecule has 0 aliphatic carbocycles. The van der Waals surface area contributed by atoms with Crippen molar-refractivity contribution in [2.45, 2.75) is 25.9 Å². The lowest BCUT2D eigenvalue weighted by Gasteiger charge is -2.22. The highest BCUT2D eigenvalue weighted by Crippen LogP contribution is 2.34. The summed E-state index contributed by atoms with van der Waals surface area (Å²) in [5.74, 6) is 0. The highest BCUT2D eigenvalue weighted by atomic mass is 79.9. The van der Waals surface area contributed by atoms with E-state index in [1.165, 1.54) is 0 Å². The van der Waals surface area contributed by atoms with Crippen LogP contribution < -0.4 is 5.32 Å². The quantitative estimate of drug-likeness (QED) is 0.827. The Labute approximate surface area is 137 Å². The number of nitrogens with one attached hydrogen (secondary N) is 1. The van der Waals surface area contributed by atoms with Crippen molar-refractivity contribution < 1.29 is 0 Å². The molecule has 0 fully saturated rings. The maximum atomic E-state index is 6.33. The van der Waals surface area contributed by atoms with Gasteiger partial charge in [0.2, 0.25) is 0 Å². The first-order valence-electron chi connectivity index (χ1n) is 6.30. The molecule has 0 spiro atoms. The molecule has 0 amide bonds. The van der Waals surface area contributed by atoms with Gasteiger partial charge in [0.25, 0.3) is 0 Å². The minimum absolute atomic E-state index is 0.0564. The van der Waals surface area contributed by atoms with Gasteiger partial charge in [-0.3, -0.25) is 4.68 Å². The highest BCUT2D eigenvalue weighted by molar-refractivity contribution is 9.10. The third-order valence-electron chi connectivity index (χ3n) is 3.11. The molecule has 0 aliphatic rings. The molecule has 0 radical (unpaired) electrons. The van der Waals surface area contributed by atoms with Crippen molar-refractivity contribution in [3.63, 3.8) is 0 Å². The van der Waals surface area contributed by atoms with E-state index in [0.717, 1.165) is 15.7 Å². The summed E-state index contributed by atoms with van der Waals surface area (Å²) >= 11 is 15.9. The molecule has 3 nitrogen and oxygen atoms in total. The van der Waals surface area contributed by atoms with E-state index in [-0.39, 0.29) is 12.1 Å². The summed E-state index contributed by atoms with van der Waals surface area (Å²) in [4.78, 5) is 0. The van der Waals surface area contributed by atoms with Crippen molar-refractivity contribution in [2.75, 3.05) is 7.05 Å². The molecule has 1 unspecified atom stereocenters. The first-order chi connectivity index (χ1) is 9.45. The van der Waals surface area contributed by atoms with Crippen molar-refractivity contribution in [3.05, 3.63) is 50.2 Å². The summed E-state index contributed by atoms with van der Waals surface area (Å²) in [7, 11) is 1.90. The van der Waals surface area contributed by atoms with E-state index in [9.17, 15) is 0 Å². The maximum Gasteiger partial charge on any atom is 0.0772 e. The van der Waals surface area contributed by atoms with Crippen LogP contribution in [-0.2, 0) is 0 Å². The molecule has 2 rings (SSSR count). The van der Waals surface area contributed by atoms with Crippen molar-refractivity contribution in [2.24, 2.45) is 0 Å². The average Bonchev–Trinajstić information content (AvgIpc) is 2.75. The number of nitrogens with zero attached hydrogens (tertiary/aromatic N) is 2. The van der Waals surface area contributed by atoms with E-state index in [4.69, 9.17) is 23.2 Å². The molecule has 1 atom stereocenters. The molecule has 20 heavy (non-hydrogen) atoms. The van der Waals surface area contributed by atoms with Crippen LogP contribution in [-0.4, -0.2) is 16.8 Å². The Morgan fingerprint density at radius 2 is 2.00 bits per heavy atom. The van der Waals surface area contributed by atoms with Gasteiger partial charge in [0.1, 0.15) is 0 Å². The molecular formula is C14H16BrCl2N3. The van der Waals surface area contributed by atoms with Gasteiger partial charge in [-0.05, 0) is 54.5 Å². The van der Waals surface area contributed by atoms with Crippen LogP contribution in [0.4, 0.5) is 0 Å². The lowest BCUT2D eigenvalue weighted by atomic mass is 10.0. The van der Waals surface area contributed by atoms with Gasteiger partial charge in [0, 0.05) is 16.1 Å². The predicted octanol–water partition coefficient (Wildman–Crippen LogP) is 4.84. The van der Waals surface area contributed by atoms with Crippen LogP contribution in [0.25, 0.3) is 0 Å². The zero-order valence-electron chi connectivity index (χ0n) is 11.5. The Bertz CT molecular complexity index is 610. The first-order valence-corrected chi connectivity index (χ1v) is 7.85. The fraction of sp³-hybridized carbons (Fsp3) is 0.357. The SMILES string of the molecule is CNC(c1ccc(Cl)cc1Cl)c1c(Br)cnn1C(C)C. The van der Waals surface area contributed by atoms with Crippen molar-refractivity contribution >= 4 is 39.1 Å². The number of aromatic nitrogens is 2. The van der Waals surface area contributed by atoms with E-state index in [2.05, 4.69) is 40.2 Å². The van der Waals surface area contributed by atoms with Crippen LogP contribution in [0.3, 0.4) is 0 Å². The predicted molar refractivity (Wildman–Crippen MR) is 87.7 cm³/mol. The molecule has 1 aromatic carbocycles. The number of hydrogen-bond acceptors (Lipinski definition) is 2. The third kappa shape index (κ3) is 3.03. The minimum atomic E-state index is -0.0564. The Balaban J connectivity index is 2.55. The molecule has 1 N–H and O–H groups in total. The third-order valence-corrected chi connectivity index (χ3v) is 4.29. The van der Waals surface area contributed by atoms with Crippen LogP contribution in [0.15, 0.2) is 28.9 Å². The van der Waals surface area contributed by atoms with Crippen LogP contribution in [0, 0.1) is 0 Å². The Morgan fingerprint density at radius 3 is 2.55 bits per heavy atom. The fourth-order valence-electron chi connectivity index (χ4n) is 2.21. The summed E-state index contributed by atoms with van der Waals surface area (Å²) < 4.78 is 2.94. The standard InChI is InChI=1S/C14H16BrCl2N3/c1-8(2)20-14(11(15)7-19-20)13(18-3)10-5-4-9(16)6-12(10)17/h4-8,13,18H,1-3H3. The van der Waals surface area contributed by atoms with E-state index in [0.29, 0.717) is 10.0 Å². The largest absolute Gasteiger partial charge is 0.308 e. The summed E-state index contributed by atoms with van der Waals surface area (Å²) in [6.45, 7) is 4.19. The van der Waals surface area contributed by atoms with Crippen LogP contribution in [0.1, 0.15) is 37.2 Å². The molecule has 0 saturated heterocycles.